The van der Waals surface area contributed by atoms with Gasteiger partial charge in [0.1, 0.15) is 0 Å². The van der Waals surface area contributed by atoms with Crippen LogP contribution in [0.5, 0.6) is 0 Å². The van der Waals surface area contributed by atoms with Gasteiger partial charge in [0.25, 0.3) is 0 Å². The van der Waals surface area contributed by atoms with Crippen molar-refractivity contribution in [2.75, 3.05) is 0 Å². The fourth-order valence-corrected chi connectivity index (χ4v) is 0.258. The number of hydrogen-bond donors (Lipinski definition) is 2. The van der Waals surface area contributed by atoms with E-state index in [4.69, 9.17) is 10.2 Å². The van der Waals surface area contributed by atoms with Crippen LogP contribution in [0.3, 0.4) is 0 Å². The molecule has 0 aliphatic heterocycles. The first-order valence-electron chi connectivity index (χ1n) is 2.13. The first-order chi connectivity index (χ1) is 2.77. The first-order valence-corrected chi connectivity index (χ1v) is 2.13. The molecule has 0 aromatic carbocycles. The van der Waals surface area contributed by atoms with Gasteiger partial charge in [-0.1, -0.05) is 13.3 Å². The molecule has 0 bridgehead atoms. The summed E-state index contributed by atoms with van der Waals surface area (Å²) >= 11 is 0. The van der Waals surface area contributed by atoms with Gasteiger partial charge in [-0.25, -0.2) is 0 Å². The van der Waals surface area contributed by atoms with Crippen molar-refractivity contribution in [3.63, 3.8) is 0 Å². The Balaban J connectivity index is -0.0000000417. The van der Waals surface area contributed by atoms with E-state index in [1.165, 1.54) is 0 Å². The minimum atomic E-state index is -1.10. The third kappa shape index (κ3) is 25.9. The molecule has 0 aromatic heterocycles. The van der Waals surface area contributed by atoms with Crippen molar-refractivity contribution in [3.05, 3.63) is 0 Å². The summed E-state index contributed by atoms with van der Waals surface area (Å²) in [4.78, 5) is 0. The first kappa shape index (κ1) is 22.4. The summed E-state index contributed by atoms with van der Waals surface area (Å²) in [5.41, 5.74) is 0. The number of rotatable bonds is 2. The average Bonchev–Trinajstić information content (AvgIpc) is 1.35. The molecule has 0 aromatic rings. The van der Waals surface area contributed by atoms with Crippen molar-refractivity contribution in [1.82, 2.24) is 0 Å². The molecule has 9 heavy (non-hydrogen) atoms. The Kier molecular flexibility index (Phi) is 40.8. The van der Waals surface area contributed by atoms with E-state index in [1.807, 2.05) is 6.92 Å². The predicted molar refractivity (Wildman–Crippen MR) is 28.9 cm³/mol. The van der Waals surface area contributed by atoms with Gasteiger partial charge < -0.3 is 35.0 Å². The molecule has 0 fully saturated rings. The third-order valence-corrected chi connectivity index (χ3v) is 0.547. The molecular weight excluding hydrogens is 191 g/mol. The third-order valence-electron chi connectivity index (χ3n) is 0.547. The molecule has 0 atom stereocenters. The minimum Gasteiger partial charge on any atom is -1.00 e. The van der Waals surface area contributed by atoms with Crippen LogP contribution in [-0.4, -0.2) is 54.2 Å². The molecule has 0 radical (unpaired) electrons. The van der Waals surface area contributed by atoms with Gasteiger partial charge >= 0.3 is 37.7 Å². The van der Waals surface area contributed by atoms with Crippen molar-refractivity contribution < 1.29 is 35.0 Å². The number of hydrogen-bond acceptors (Lipinski definition) is 2. The zero-order chi connectivity index (χ0) is 4.99. The SMILES string of the molecule is CCCC(O)O.[Ca+2].[Cl-].[Cl-]. The monoisotopic (exact) mass is 200 g/mol. The van der Waals surface area contributed by atoms with Gasteiger partial charge in [0.05, 0.1) is 0 Å². The topological polar surface area (TPSA) is 40.5 Å². The van der Waals surface area contributed by atoms with Crippen LogP contribution in [-0.2, 0) is 0 Å². The molecule has 2 nitrogen and oxygen atoms in total. The van der Waals surface area contributed by atoms with Crippen LogP contribution >= 0.6 is 0 Å². The molecule has 0 aliphatic rings. The van der Waals surface area contributed by atoms with E-state index in [-0.39, 0.29) is 62.6 Å². The normalized spacial score (nSPS) is 6.67. The summed E-state index contributed by atoms with van der Waals surface area (Å²) in [5.74, 6) is 0. The maximum Gasteiger partial charge on any atom is 2.00 e. The van der Waals surface area contributed by atoms with Crippen LogP contribution in [0.4, 0.5) is 0 Å². The molecular formula is C4H10CaCl2O2. The molecule has 5 heteroatoms. The molecule has 0 aliphatic carbocycles. The van der Waals surface area contributed by atoms with Crippen LogP contribution < -0.4 is 24.8 Å². The van der Waals surface area contributed by atoms with Gasteiger partial charge in [-0.05, 0) is 6.42 Å². The van der Waals surface area contributed by atoms with Gasteiger partial charge in [0.2, 0.25) is 0 Å². The van der Waals surface area contributed by atoms with Gasteiger partial charge in [-0.15, -0.1) is 0 Å². The zero-order valence-corrected chi connectivity index (χ0v) is 9.07. The summed E-state index contributed by atoms with van der Waals surface area (Å²) in [6, 6.07) is 0. The van der Waals surface area contributed by atoms with Gasteiger partial charge in [-0.2, -0.15) is 0 Å². The Morgan fingerprint density at radius 2 is 1.56 bits per heavy atom. The van der Waals surface area contributed by atoms with E-state index < -0.39 is 6.29 Å². The second kappa shape index (κ2) is 16.4. The fraction of sp³-hybridized carbons (Fsp3) is 1.00. The molecule has 0 saturated heterocycles. The molecule has 0 saturated carbocycles. The smallest absolute Gasteiger partial charge is 1.00 e. The summed E-state index contributed by atoms with van der Waals surface area (Å²) in [5, 5.41) is 16.2. The molecule has 0 heterocycles. The number of halogens is 2. The number of aliphatic hydroxyl groups is 2. The van der Waals surface area contributed by atoms with E-state index >= 15 is 0 Å². The Bertz CT molecular complexity index is 37.7. The zero-order valence-electron chi connectivity index (χ0n) is 5.35. The Morgan fingerprint density at radius 3 is 1.56 bits per heavy atom. The largest absolute Gasteiger partial charge is 2.00 e. The van der Waals surface area contributed by atoms with Crippen LogP contribution in [0.2, 0.25) is 0 Å². The van der Waals surface area contributed by atoms with Crippen LogP contribution in [0.1, 0.15) is 19.8 Å². The quantitative estimate of drug-likeness (QED) is 0.344. The van der Waals surface area contributed by atoms with E-state index in [0.717, 1.165) is 6.42 Å². The molecule has 54 valence electrons. The second-order valence-corrected chi connectivity index (χ2v) is 1.27. The Hall–Kier alpha value is 1.76. The molecule has 0 amide bonds. The fourth-order valence-electron chi connectivity index (χ4n) is 0.258. The van der Waals surface area contributed by atoms with Crippen molar-refractivity contribution in [1.29, 1.82) is 0 Å². The predicted octanol–water partition coefficient (Wildman–Crippen LogP) is -6.28. The molecule has 0 unspecified atom stereocenters. The summed E-state index contributed by atoms with van der Waals surface area (Å²) in [7, 11) is 0. The molecule has 2 N–H and O–H groups in total. The van der Waals surface area contributed by atoms with Crippen LogP contribution in [0, 0.1) is 0 Å². The van der Waals surface area contributed by atoms with Crippen molar-refractivity contribution in [2.24, 2.45) is 0 Å². The van der Waals surface area contributed by atoms with E-state index in [1.54, 1.807) is 0 Å². The van der Waals surface area contributed by atoms with Gasteiger partial charge in [-0.3, -0.25) is 0 Å². The van der Waals surface area contributed by atoms with E-state index in [0.29, 0.717) is 6.42 Å². The number of aliphatic hydroxyl groups excluding tert-OH is 1. The Morgan fingerprint density at radius 1 is 1.22 bits per heavy atom. The van der Waals surface area contributed by atoms with Crippen molar-refractivity contribution in [3.8, 4) is 0 Å². The molecule has 0 spiro atoms. The summed E-state index contributed by atoms with van der Waals surface area (Å²) < 4.78 is 0. The standard InChI is InChI=1S/C4H10O2.Ca.2ClH/c1-2-3-4(5)6;;;/h4-6H,2-3H2,1H3;;2*1H/q;+2;;/p-2. The second-order valence-electron chi connectivity index (χ2n) is 1.27. The van der Waals surface area contributed by atoms with Crippen molar-refractivity contribution >= 4 is 37.7 Å². The summed E-state index contributed by atoms with van der Waals surface area (Å²) in [6.45, 7) is 1.90. The maximum absolute atomic E-state index is 8.11. The van der Waals surface area contributed by atoms with Gasteiger partial charge in [0.15, 0.2) is 6.29 Å². The minimum absolute atomic E-state index is 0. The summed E-state index contributed by atoms with van der Waals surface area (Å²) in [6.07, 6.45) is 0.215. The van der Waals surface area contributed by atoms with Gasteiger partial charge in [0, 0.05) is 0 Å². The maximum atomic E-state index is 8.11. The average molecular weight is 201 g/mol. The van der Waals surface area contributed by atoms with Crippen LogP contribution in [0.25, 0.3) is 0 Å². The Labute approximate surface area is 97.8 Å². The van der Waals surface area contributed by atoms with Crippen molar-refractivity contribution in [2.45, 2.75) is 26.1 Å². The van der Waals surface area contributed by atoms with Crippen LogP contribution in [0.15, 0.2) is 0 Å². The van der Waals surface area contributed by atoms with E-state index in [2.05, 4.69) is 0 Å². The molecule has 0 rings (SSSR count). The van der Waals surface area contributed by atoms with E-state index in [9.17, 15) is 0 Å².